The summed E-state index contributed by atoms with van der Waals surface area (Å²) in [5.41, 5.74) is 4.06. The van der Waals surface area contributed by atoms with Crippen molar-refractivity contribution in [3.05, 3.63) is 44.5 Å². The van der Waals surface area contributed by atoms with Crippen LogP contribution in [0.25, 0.3) is 21.9 Å². The van der Waals surface area contributed by atoms with E-state index in [0.717, 1.165) is 51.6 Å². The predicted molar refractivity (Wildman–Crippen MR) is 121 cm³/mol. The largest absolute Gasteiger partial charge is 0.461 e. The minimum absolute atomic E-state index is 0.0467. The van der Waals surface area contributed by atoms with Crippen molar-refractivity contribution in [3.63, 3.8) is 0 Å². The number of aryl methyl sites for hydroxylation is 4. The average Bonchev–Trinajstić information content (AvgIpc) is 2.97. The summed E-state index contributed by atoms with van der Waals surface area (Å²) in [7, 11) is 0. The van der Waals surface area contributed by atoms with E-state index >= 15 is 0 Å². The highest BCUT2D eigenvalue weighted by atomic mass is 16.5. The molecule has 1 aliphatic rings. The number of nitrogens with one attached hydrogen (secondary N) is 1. The number of amides is 1. The number of fused-ring (bicyclic) bond motifs is 2. The molecule has 0 radical (unpaired) electrons. The van der Waals surface area contributed by atoms with E-state index in [1.165, 1.54) is 0 Å². The summed E-state index contributed by atoms with van der Waals surface area (Å²) >= 11 is 0. The summed E-state index contributed by atoms with van der Waals surface area (Å²) in [6.45, 7) is 12.5. The van der Waals surface area contributed by atoms with E-state index in [1.54, 1.807) is 0 Å². The molecule has 1 N–H and O–H groups in total. The van der Waals surface area contributed by atoms with Gasteiger partial charge in [0.2, 0.25) is 5.91 Å². The monoisotopic (exact) mass is 425 g/mol. The van der Waals surface area contributed by atoms with Gasteiger partial charge in [-0.2, -0.15) is 0 Å². The van der Waals surface area contributed by atoms with E-state index in [9.17, 15) is 9.59 Å². The first-order valence-corrected chi connectivity index (χ1v) is 11.0. The van der Waals surface area contributed by atoms with Gasteiger partial charge in [0.05, 0.1) is 5.60 Å². The van der Waals surface area contributed by atoms with Crippen LogP contribution in [0.5, 0.6) is 0 Å². The number of hydrogen-bond donors (Lipinski definition) is 1. The third-order valence-electron chi connectivity index (χ3n) is 6.61. The first kappa shape index (κ1) is 21.6. The quantitative estimate of drug-likeness (QED) is 0.609. The van der Waals surface area contributed by atoms with Gasteiger partial charge >= 0.3 is 5.63 Å². The molecule has 4 rings (SSSR count). The topological polar surface area (TPSA) is 81.7 Å². The first-order chi connectivity index (χ1) is 14.6. The average molecular weight is 426 g/mol. The predicted octanol–water partition coefficient (Wildman–Crippen LogP) is 4.78. The van der Waals surface area contributed by atoms with Crippen molar-refractivity contribution in [3.8, 4) is 0 Å². The van der Waals surface area contributed by atoms with Crippen molar-refractivity contribution < 1.29 is 18.4 Å². The smallest absolute Gasteiger partial charge is 0.339 e. The molecule has 1 amide bonds. The molecule has 0 aliphatic carbocycles. The molecule has 166 valence electrons. The summed E-state index contributed by atoms with van der Waals surface area (Å²) in [5.74, 6) is 0.816. The lowest BCUT2D eigenvalue weighted by atomic mass is 9.93. The highest BCUT2D eigenvalue weighted by molar-refractivity contribution is 6.00. The molecular formula is C25H31NO5. The third-order valence-corrected chi connectivity index (χ3v) is 6.61. The number of carbonyl (C=O) groups is 1. The molecular weight excluding hydrogens is 394 g/mol. The van der Waals surface area contributed by atoms with Crippen LogP contribution < -0.4 is 10.9 Å². The zero-order valence-electron chi connectivity index (χ0n) is 19.2. The van der Waals surface area contributed by atoms with Gasteiger partial charge in [0.1, 0.15) is 16.9 Å². The minimum Gasteiger partial charge on any atom is -0.461 e. The second-order valence-corrected chi connectivity index (χ2v) is 9.40. The molecule has 3 aromatic rings. The van der Waals surface area contributed by atoms with Crippen LogP contribution >= 0.6 is 0 Å². The van der Waals surface area contributed by atoms with E-state index in [2.05, 4.69) is 5.32 Å². The number of carbonyl (C=O) groups excluding carboxylic acids is 1. The van der Waals surface area contributed by atoms with Gasteiger partial charge in [0.15, 0.2) is 0 Å². The van der Waals surface area contributed by atoms with Gasteiger partial charge < -0.3 is 18.9 Å². The van der Waals surface area contributed by atoms with Crippen molar-refractivity contribution >= 4 is 27.8 Å². The van der Waals surface area contributed by atoms with Gasteiger partial charge in [-0.1, -0.05) is 0 Å². The maximum absolute atomic E-state index is 12.8. The lowest BCUT2D eigenvalue weighted by Gasteiger charge is -2.35. The highest BCUT2D eigenvalue weighted by Gasteiger charge is 2.29. The maximum atomic E-state index is 12.8. The molecule has 1 atom stereocenters. The van der Waals surface area contributed by atoms with Crippen LogP contribution in [0.2, 0.25) is 0 Å². The van der Waals surface area contributed by atoms with Crippen LogP contribution in [0.1, 0.15) is 61.1 Å². The summed E-state index contributed by atoms with van der Waals surface area (Å²) in [6, 6.07) is 2.14. The fourth-order valence-electron chi connectivity index (χ4n) is 4.67. The molecule has 1 aliphatic heterocycles. The molecule has 6 heteroatoms. The van der Waals surface area contributed by atoms with Gasteiger partial charge in [-0.05, 0) is 78.0 Å². The Balaban J connectivity index is 1.59. The number of benzene rings is 1. The maximum Gasteiger partial charge on any atom is 0.339 e. The van der Waals surface area contributed by atoms with E-state index in [-0.39, 0.29) is 29.6 Å². The summed E-state index contributed by atoms with van der Waals surface area (Å²) < 4.78 is 17.3. The lowest BCUT2D eigenvalue weighted by molar-refractivity contribution is -0.124. The van der Waals surface area contributed by atoms with Gasteiger partial charge in [-0.25, -0.2) is 4.79 Å². The Morgan fingerprint density at radius 1 is 1.06 bits per heavy atom. The van der Waals surface area contributed by atoms with Gasteiger partial charge in [0, 0.05) is 41.0 Å². The minimum atomic E-state index is -0.382. The Bertz CT molecular complexity index is 1230. The van der Waals surface area contributed by atoms with Gasteiger partial charge in [0.25, 0.3) is 0 Å². The Morgan fingerprint density at radius 3 is 2.45 bits per heavy atom. The second-order valence-electron chi connectivity index (χ2n) is 9.40. The van der Waals surface area contributed by atoms with Crippen LogP contribution in [0.15, 0.2) is 19.7 Å². The van der Waals surface area contributed by atoms with E-state index in [1.807, 2.05) is 47.6 Å². The van der Waals surface area contributed by atoms with E-state index in [4.69, 9.17) is 13.6 Å². The molecule has 0 spiro atoms. The van der Waals surface area contributed by atoms with Crippen LogP contribution in [-0.4, -0.2) is 24.2 Å². The third kappa shape index (κ3) is 4.01. The van der Waals surface area contributed by atoms with Crippen LogP contribution in [0.3, 0.4) is 0 Å². The molecule has 31 heavy (non-hydrogen) atoms. The van der Waals surface area contributed by atoms with Gasteiger partial charge in [-0.3, -0.25) is 4.79 Å². The van der Waals surface area contributed by atoms with Crippen molar-refractivity contribution in [1.29, 1.82) is 0 Å². The molecule has 3 heterocycles. The van der Waals surface area contributed by atoms with Crippen molar-refractivity contribution in [2.75, 3.05) is 6.61 Å². The van der Waals surface area contributed by atoms with Crippen molar-refractivity contribution in [2.45, 2.75) is 78.9 Å². The standard InChI is InChI=1S/C25H31NO5/c1-13-16(4)30-22-15(3)23-20(11-19(13)22)14(2)18(24(28)31-23)7-8-21(27)26-17-9-10-29-25(5,6)12-17/h11,17H,7-10,12H2,1-6H3,(H,26,27)/t17-/m1/s1. The lowest BCUT2D eigenvalue weighted by Crippen LogP contribution is -2.45. The van der Waals surface area contributed by atoms with Crippen LogP contribution in [0, 0.1) is 27.7 Å². The summed E-state index contributed by atoms with van der Waals surface area (Å²) in [5, 5.41) is 5.03. The molecule has 6 nitrogen and oxygen atoms in total. The van der Waals surface area contributed by atoms with Crippen molar-refractivity contribution in [1.82, 2.24) is 5.32 Å². The normalized spacial score (nSPS) is 18.6. The molecule has 0 bridgehead atoms. The highest BCUT2D eigenvalue weighted by Crippen LogP contribution is 2.34. The Hall–Kier alpha value is -2.60. The van der Waals surface area contributed by atoms with Crippen LogP contribution in [-0.2, 0) is 16.0 Å². The Morgan fingerprint density at radius 2 is 1.74 bits per heavy atom. The number of hydrogen-bond acceptors (Lipinski definition) is 5. The zero-order chi connectivity index (χ0) is 22.5. The summed E-state index contributed by atoms with van der Waals surface area (Å²) in [4.78, 5) is 25.3. The molecule has 1 fully saturated rings. The number of ether oxygens (including phenoxy) is 1. The van der Waals surface area contributed by atoms with Gasteiger partial charge in [-0.15, -0.1) is 0 Å². The molecule has 0 saturated carbocycles. The first-order valence-electron chi connectivity index (χ1n) is 11.0. The van der Waals surface area contributed by atoms with Crippen LogP contribution in [0.4, 0.5) is 0 Å². The molecule has 0 unspecified atom stereocenters. The number of rotatable bonds is 4. The molecule has 1 aromatic carbocycles. The number of furan rings is 1. The zero-order valence-corrected chi connectivity index (χ0v) is 19.2. The second kappa shape index (κ2) is 7.83. The van der Waals surface area contributed by atoms with E-state index in [0.29, 0.717) is 24.2 Å². The van der Waals surface area contributed by atoms with Crippen molar-refractivity contribution in [2.24, 2.45) is 0 Å². The Labute approximate surface area is 181 Å². The SMILES string of the molecule is Cc1oc2c(C)c3oc(=O)c(CCC(=O)N[C@@H]4CCOC(C)(C)C4)c(C)c3cc2c1C. The fourth-order valence-corrected chi connectivity index (χ4v) is 4.67. The Kier molecular flexibility index (Phi) is 5.46. The van der Waals surface area contributed by atoms with E-state index < -0.39 is 0 Å². The molecule has 1 saturated heterocycles. The molecule has 2 aromatic heterocycles. The summed E-state index contributed by atoms with van der Waals surface area (Å²) in [6.07, 6.45) is 2.20. The fraction of sp³-hybridized carbons (Fsp3) is 0.520.